The predicted molar refractivity (Wildman–Crippen MR) is 264 cm³/mol. The zero-order chi connectivity index (χ0) is 49.7. The van der Waals surface area contributed by atoms with Crippen molar-refractivity contribution in [2.45, 2.75) is 76.4 Å². The molecule has 0 aliphatic heterocycles. The van der Waals surface area contributed by atoms with Crippen molar-refractivity contribution >= 4 is 77.4 Å². The second kappa shape index (κ2) is 18.7. The van der Waals surface area contributed by atoms with Gasteiger partial charge < -0.3 is 31.5 Å². The van der Waals surface area contributed by atoms with E-state index in [2.05, 4.69) is 21.3 Å². The maximum atomic E-state index is 14.2. The summed E-state index contributed by atoms with van der Waals surface area (Å²) in [6, 6.07) is 20.2. The van der Waals surface area contributed by atoms with Gasteiger partial charge in [0, 0.05) is 27.7 Å². The van der Waals surface area contributed by atoms with Gasteiger partial charge in [-0.3, -0.25) is 19.2 Å². The zero-order valence-electron chi connectivity index (χ0n) is 38.2. The lowest BCUT2D eigenvalue weighted by Crippen LogP contribution is -2.39. The van der Waals surface area contributed by atoms with Crippen LogP contribution in [0, 0.1) is 10.8 Å². The highest BCUT2D eigenvalue weighted by molar-refractivity contribution is 7.89. The molecule has 1 unspecified atom stereocenters. The Bertz CT molecular complexity index is 3240. The lowest BCUT2D eigenvalue weighted by Gasteiger charge is -2.34. The highest BCUT2D eigenvalue weighted by Gasteiger charge is 2.35. The quantitative estimate of drug-likeness (QED) is 0.0376. The second-order valence-electron chi connectivity index (χ2n) is 18.7. The van der Waals surface area contributed by atoms with E-state index in [0.717, 1.165) is 14.2 Å². The summed E-state index contributed by atoms with van der Waals surface area (Å²) in [6.07, 6.45) is 0.594. The van der Waals surface area contributed by atoms with E-state index in [1.165, 1.54) is 45.4 Å². The van der Waals surface area contributed by atoms with Gasteiger partial charge in [0.25, 0.3) is 21.7 Å². The largest absolute Gasteiger partial charge is 0.504 e. The van der Waals surface area contributed by atoms with Crippen LogP contribution in [0.3, 0.4) is 0 Å². The van der Waals surface area contributed by atoms with Crippen LogP contribution in [0.15, 0.2) is 108 Å². The van der Waals surface area contributed by atoms with E-state index in [-0.39, 0.29) is 62.2 Å². The number of benzene rings is 4. The molecule has 6 aromatic carbocycles. The molecule has 6 N–H and O–H groups in total. The van der Waals surface area contributed by atoms with Gasteiger partial charge in [0.05, 0.1) is 33.5 Å². The van der Waals surface area contributed by atoms with E-state index in [0.29, 0.717) is 17.5 Å². The second-order valence-corrected chi connectivity index (χ2v) is 23.6. The summed E-state index contributed by atoms with van der Waals surface area (Å²) in [5.74, 6) is -1.54. The molecule has 0 fully saturated rings. The van der Waals surface area contributed by atoms with Gasteiger partial charge in [0.15, 0.2) is 11.5 Å². The van der Waals surface area contributed by atoms with E-state index >= 15 is 0 Å². The van der Waals surface area contributed by atoms with Gasteiger partial charge in [-0.05, 0) is 58.2 Å². The molecule has 6 rings (SSSR count). The van der Waals surface area contributed by atoms with Gasteiger partial charge in [0.1, 0.15) is 32.5 Å². The van der Waals surface area contributed by atoms with Crippen LogP contribution >= 0.6 is 23.2 Å². The van der Waals surface area contributed by atoms with Gasteiger partial charge >= 0.3 is 0 Å². The maximum absolute atomic E-state index is 14.2. The molecule has 0 spiro atoms. The van der Waals surface area contributed by atoms with Crippen molar-refractivity contribution in [3.63, 3.8) is 0 Å². The van der Waals surface area contributed by atoms with Crippen LogP contribution in [0.2, 0.25) is 10.0 Å². The van der Waals surface area contributed by atoms with Crippen LogP contribution in [0.5, 0.6) is 11.5 Å². The Hall–Kier alpha value is -5.76. The molecule has 16 nitrogen and oxygen atoms in total. The molecule has 0 aliphatic rings. The average molecular weight is 996 g/mol. The van der Waals surface area contributed by atoms with E-state index in [1.807, 2.05) is 71.9 Å². The number of nitrogens with one attached hydrogen (secondary N) is 4. The predicted octanol–water partition coefficient (Wildman–Crippen LogP) is 7.94. The minimum absolute atomic E-state index is 0.00774. The van der Waals surface area contributed by atoms with Gasteiger partial charge in [-0.15, -0.1) is 0 Å². The lowest BCUT2D eigenvalue weighted by molar-refractivity contribution is 0.347. The van der Waals surface area contributed by atoms with Crippen molar-refractivity contribution in [2.24, 2.45) is 10.8 Å². The molecule has 0 heterocycles. The van der Waals surface area contributed by atoms with Crippen LogP contribution in [0.25, 0.3) is 0 Å². The van der Waals surface area contributed by atoms with Crippen molar-refractivity contribution in [1.29, 1.82) is 0 Å². The summed E-state index contributed by atoms with van der Waals surface area (Å²) in [5, 5.41) is 33.8. The number of rotatable bonds is 17. The van der Waals surface area contributed by atoms with Gasteiger partial charge in [0.2, 0.25) is 20.0 Å². The zero-order valence-corrected chi connectivity index (χ0v) is 41.3. The lowest BCUT2D eigenvalue weighted by atomic mass is 9.81. The van der Waals surface area contributed by atoms with Crippen molar-refractivity contribution in [3.8, 4) is 11.5 Å². The normalized spacial score (nSPS) is 13.6. The highest BCUT2D eigenvalue weighted by atomic mass is 35.5. The molecular weight excluding hydrogens is 944 g/mol. The van der Waals surface area contributed by atoms with E-state index in [4.69, 9.17) is 23.2 Å². The molecule has 0 radical (unpaired) electrons. The Labute approximate surface area is 398 Å². The number of halogens is 2. The molecule has 0 saturated heterocycles. The summed E-state index contributed by atoms with van der Waals surface area (Å²) in [4.78, 5) is 50.7. The molecule has 0 amide bonds. The van der Waals surface area contributed by atoms with E-state index < -0.39 is 74.5 Å². The third-order valence-electron chi connectivity index (χ3n) is 11.1. The van der Waals surface area contributed by atoms with Crippen LogP contribution in [-0.4, -0.2) is 56.8 Å². The third kappa shape index (κ3) is 10.2. The number of phenolic OH excluding ortho intramolecular Hbond substituents is 2. The Morgan fingerprint density at radius 2 is 1.06 bits per heavy atom. The fourth-order valence-electron chi connectivity index (χ4n) is 7.57. The molecule has 0 bridgehead atoms. The number of aromatic hydroxyl groups is 2. The number of phenols is 2. The van der Waals surface area contributed by atoms with Gasteiger partial charge in [-0.25, -0.2) is 21.1 Å². The molecule has 0 aromatic heterocycles. The first-order valence-corrected chi connectivity index (χ1v) is 24.5. The summed E-state index contributed by atoms with van der Waals surface area (Å²) in [6.45, 7) is 11.5. The molecule has 2 atom stereocenters. The van der Waals surface area contributed by atoms with Gasteiger partial charge in [-0.2, -0.15) is 4.31 Å². The summed E-state index contributed by atoms with van der Waals surface area (Å²) < 4.78 is 56.2. The molecular formula is C47H52Cl2N6O10S2. The Morgan fingerprint density at radius 1 is 0.597 bits per heavy atom. The number of anilines is 6. The Kier molecular flexibility index (Phi) is 14.2. The first-order chi connectivity index (χ1) is 31.1. The van der Waals surface area contributed by atoms with Crippen molar-refractivity contribution in [3.05, 3.63) is 146 Å². The van der Waals surface area contributed by atoms with E-state index in [1.54, 1.807) is 24.3 Å². The number of nitrogens with zero attached hydrogens (tertiary/aromatic N) is 2. The average Bonchev–Trinajstić information content (AvgIpc) is 3.24. The van der Waals surface area contributed by atoms with Crippen molar-refractivity contribution in [2.75, 3.05) is 42.4 Å². The Balaban J connectivity index is 1.25. The van der Waals surface area contributed by atoms with Crippen LogP contribution in [0.4, 0.5) is 34.1 Å². The van der Waals surface area contributed by atoms with Gasteiger partial charge in [-0.1, -0.05) is 119 Å². The topological polar surface area (TPSA) is 232 Å². The maximum Gasteiger partial charge on any atom is 0.253 e. The van der Waals surface area contributed by atoms with Crippen LogP contribution in [-0.2, 0) is 26.6 Å². The SMILES string of the molecule is CN(C)S(=O)(=O)c1c(Cl)ccc(Nc2c(N[C@H](c3cccc(CN(C)S(=O)(=O)c4c(Cl)ccc(Nc5c(NC(CC(C)(C)C)c6ccccc6)c(=O)c5=O)c4O)c3)C(C)(C)C)c(=O)c2=O)c1O. The molecule has 356 valence electrons. The fourth-order valence-corrected chi connectivity index (χ4v) is 10.8. The number of hydrogen-bond donors (Lipinski definition) is 6. The van der Waals surface area contributed by atoms with E-state index in [9.17, 15) is 46.2 Å². The first kappa shape index (κ1) is 50.6. The molecule has 20 heteroatoms. The summed E-state index contributed by atoms with van der Waals surface area (Å²) in [5.41, 5.74) is -3.16. The standard InChI is InChI=1S/C47H52Cl2N6O10S2/c1-46(2,3)23-32(26-15-11-10-12-16-26)52-34-33(39(58)40(34)59)50-31-21-19-29(49)44(38(31)57)67(64,65)55(9)24-25-14-13-17-27(22-25)45(47(4,5)6)53-36-35(41(60)42(36)61)51-30-20-18-28(48)43(37(30)56)66(62,63)54(7)8/h10-22,32,45,50-53,56-57H,23-24H2,1-9H3/t32?,45-/m1/s1. The smallest absolute Gasteiger partial charge is 0.253 e. The van der Waals surface area contributed by atoms with Crippen LogP contribution < -0.4 is 43.0 Å². The molecule has 0 saturated carbocycles. The number of sulfonamides is 2. The highest BCUT2D eigenvalue weighted by Crippen LogP contribution is 2.43. The first-order valence-electron chi connectivity index (χ1n) is 20.9. The fraction of sp³-hybridized carbons (Fsp3) is 0.319. The number of hydrogen-bond acceptors (Lipinski definition) is 14. The monoisotopic (exact) mass is 994 g/mol. The minimum Gasteiger partial charge on any atom is -0.504 e. The van der Waals surface area contributed by atoms with Crippen molar-refractivity contribution < 1.29 is 27.0 Å². The summed E-state index contributed by atoms with van der Waals surface area (Å²) in [7, 11) is -4.98. The van der Waals surface area contributed by atoms with Crippen LogP contribution in [0.1, 0.15) is 76.7 Å². The molecule has 67 heavy (non-hydrogen) atoms. The molecule has 6 aromatic rings. The summed E-state index contributed by atoms with van der Waals surface area (Å²) >= 11 is 12.6. The van der Waals surface area contributed by atoms with Crippen molar-refractivity contribution in [1.82, 2.24) is 8.61 Å². The minimum atomic E-state index is -4.56. The Morgan fingerprint density at radius 3 is 1.54 bits per heavy atom. The molecule has 0 aliphatic carbocycles. The third-order valence-corrected chi connectivity index (χ3v) is 15.7.